The van der Waals surface area contributed by atoms with E-state index in [1.165, 1.54) is 0 Å². The molecule has 1 fully saturated rings. The second kappa shape index (κ2) is 9.23. The van der Waals surface area contributed by atoms with Crippen molar-refractivity contribution in [1.29, 1.82) is 0 Å². The number of amides is 3. The van der Waals surface area contributed by atoms with Gasteiger partial charge in [-0.3, -0.25) is 14.4 Å². The van der Waals surface area contributed by atoms with Crippen LogP contribution in [0.4, 0.5) is 5.69 Å². The van der Waals surface area contributed by atoms with Crippen molar-refractivity contribution in [3.63, 3.8) is 0 Å². The summed E-state index contributed by atoms with van der Waals surface area (Å²) in [7, 11) is 1.56. The van der Waals surface area contributed by atoms with Crippen LogP contribution in [0.15, 0.2) is 48.5 Å². The van der Waals surface area contributed by atoms with E-state index in [9.17, 15) is 14.4 Å². The second-order valence-electron chi connectivity index (χ2n) is 7.13. The SMILES string of the molecule is COc1ccc(C(=O)NCCNC(=O)c2cccc(NC(=O)C3CC3C)c2)cc1. The van der Waals surface area contributed by atoms with E-state index in [1.807, 2.05) is 6.92 Å². The molecule has 0 bridgehead atoms. The van der Waals surface area contributed by atoms with Crippen LogP contribution in [0.2, 0.25) is 0 Å². The zero-order chi connectivity index (χ0) is 20.8. The minimum absolute atomic E-state index is 0.00342. The average Bonchev–Trinajstić information content (AvgIpc) is 3.48. The Kier molecular flexibility index (Phi) is 6.49. The van der Waals surface area contributed by atoms with Gasteiger partial charge in [0.25, 0.3) is 11.8 Å². The highest BCUT2D eigenvalue weighted by Gasteiger charge is 2.39. The van der Waals surface area contributed by atoms with Crippen molar-refractivity contribution < 1.29 is 19.1 Å². The molecule has 2 atom stereocenters. The summed E-state index contributed by atoms with van der Waals surface area (Å²) in [5, 5.41) is 8.37. The van der Waals surface area contributed by atoms with Crippen LogP contribution < -0.4 is 20.7 Å². The Morgan fingerprint density at radius 1 is 0.966 bits per heavy atom. The third-order valence-electron chi connectivity index (χ3n) is 4.89. The number of carbonyl (C=O) groups is 3. The van der Waals surface area contributed by atoms with E-state index >= 15 is 0 Å². The molecule has 0 spiro atoms. The molecule has 0 radical (unpaired) electrons. The lowest BCUT2D eigenvalue weighted by molar-refractivity contribution is -0.117. The zero-order valence-electron chi connectivity index (χ0n) is 16.5. The Bertz CT molecular complexity index is 895. The molecule has 0 aromatic heterocycles. The molecule has 2 aromatic rings. The van der Waals surface area contributed by atoms with Crippen molar-refractivity contribution in [2.24, 2.45) is 11.8 Å². The van der Waals surface area contributed by atoms with E-state index in [4.69, 9.17) is 4.74 Å². The van der Waals surface area contributed by atoms with Gasteiger partial charge < -0.3 is 20.7 Å². The van der Waals surface area contributed by atoms with Crippen LogP contribution in [0, 0.1) is 11.8 Å². The topological polar surface area (TPSA) is 96.5 Å². The maximum absolute atomic E-state index is 12.3. The Hall–Kier alpha value is -3.35. The molecule has 29 heavy (non-hydrogen) atoms. The highest BCUT2D eigenvalue weighted by atomic mass is 16.5. The highest BCUT2D eigenvalue weighted by molar-refractivity contribution is 5.98. The Balaban J connectivity index is 1.43. The third kappa shape index (κ3) is 5.57. The first-order chi connectivity index (χ1) is 14.0. The Labute approximate surface area is 169 Å². The molecule has 2 unspecified atom stereocenters. The predicted octanol–water partition coefficient (Wildman–Crippen LogP) is 2.45. The molecule has 0 heterocycles. The minimum atomic E-state index is -0.264. The lowest BCUT2D eigenvalue weighted by Crippen LogP contribution is -2.34. The van der Waals surface area contributed by atoms with Gasteiger partial charge in [0.1, 0.15) is 5.75 Å². The van der Waals surface area contributed by atoms with Crippen LogP contribution in [0.25, 0.3) is 0 Å². The first kappa shape index (κ1) is 20.4. The molecule has 0 aliphatic heterocycles. The van der Waals surface area contributed by atoms with Gasteiger partial charge in [-0.25, -0.2) is 0 Å². The predicted molar refractivity (Wildman–Crippen MR) is 110 cm³/mol. The fourth-order valence-corrected chi connectivity index (χ4v) is 2.96. The quantitative estimate of drug-likeness (QED) is 0.598. The van der Waals surface area contributed by atoms with Crippen molar-refractivity contribution >= 4 is 23.4 Å². The van der Waals surface area contributed by atoms with E-state index in [2.05, 4.69) is 16.0 Å². The lowest BCUT2D eigenvalue weighted by Gasteiger charge is -2.09. The summed E-state index contributed by atoms with van der Waals surface area (Å²) in [6, 6.07) is 13.6. The third-order valence-corrected chi connectivity index (χ3v) is 4.89. The fourth-order valence-electron chi connectivity index (χ4n) is 2.96. The van der Waals surface area contributed by atoms with Gasteiger partial charge in [0.2, 0.25) is 5.91 Å². The number of rotatable bonds is 8. The van der Waals surface area contributed by atoms with E-state index in [-0.39, 0.29) is 30.2 Å². The highest BCUT2D eigenvalue weighted by Crippen LogP contribution is 2.38. The normalized spacial score (nSPS) is 17.2. The number of methoxy groups -OCH3 is 1. The number of nitrogens with one attached hydrogen (secondary N) is 3. The number of hydrogen-bond acceptors (Lipinski definition) is 4. The van der Waals surface area contributed by atoms with E-state index in [1.54, 1.807) is 55.6 Å². The first-order valence-corrected chi connectivity index (χ1v) is 9.59. The number of hydrogen-bond donors (Lipinski definition) is 3. The van der Waals surface area contributed by atoms with Gasteiger partial charge in [0.05, 0.1) is 7.11 Å². The second-order valence-corrected chi connectivity index (χ2v) is 7.13. The summed E-state index contributed by atoms with van der Waals surface area (Å²) in [6.07, 6.45) is 0.911. The molecule has 0 saturated heterocycles. The van der Waals surface area contributed by atoms with Gasteiger partial charge in [-0.1, -0.05) is 13.0 Å². The molecule has 1 aliphatic rings. The minimum Gasteiger partial charge on any atom is -0.497 e. The molecule has 1 saturated carbocycles. The maximum Gasteiger partial charge on any atom is 0.251 e. The van der Waals surface area contributed by atoms with Crippen LogP contribution in [-0.2, 0) is 4.79 Å². The Morgan fingerprint density at radius 2 is 1.59 bits per heavy atom. The van der Waals surface area contributed by atoms with Gasteiger partial charge in [-0.05, 0) is 54.8 Å². The van der Waals surface area contributed by atoms with Crippen molar-refractivity contribution in [2.45, 2.75) is 13.3 Å². The van der Waals surface area contributed by atoms with Crippen LogP contribution in [0.5, 0.6) is 5.75 Å². The summed E-state index contributed by atoms with van der Waals surface area (Å²) in [5.74, 6) is 0.687. The smallest absolute Gasteiger partial charge is 0.251 e. The number of ether oxygens (including phenoxy) is 1. The number of anilines is 1. The van der Waals surface area contributed by atoms with E-state index in [0.717, 1.165) is 6.42 Å². The summed E-state index contributed by atoms with van der Waals surface area (Å²) < 4.78 is 5.06. The van der Waals surface area contributed by atoms with Crippen LogP contribution in [0.1, 0.15) is 34.1 Å². The van der Waals surface area contributed by atoms with Crippen molar-refractivity contribution in [3.05, 3.63) is 59.7 Å². The standard InChI is InChI=1S/C22H25N3O4/c1-14-12-19(14)22(28)25-17-5-3-4-16(13-17)21(27)24-11-10-23-20(26)15-6-8-18(29-2)9-7-15/h3-9,13-14,19H,10-12H2,1-2H3,(H,23,26)(H,24,27)(H,25,28). The molecule has 2 aromatic carbocycles. The summed E-state index contributed by atoms with van der Waals surface area (Å²) in [5.41, 5.74) is 1.58. The fraction of sp³-hybridized carbons (Fsp3) is 0.318. The average molecular weight is 395 g/mol. The van der Waals surface area contributed by atoms with Gasteiger partial charge in [0.15, 0.2) is 0 Å². The molecular formula is C22H25N3O4. The molecule has 3 N–H and O–H groups in total. The molecule has 7 nitrogen and oxygen atoms in total. The first-order valence-electron chi connectivity index (χ1n) is 9.59. The van der Waals surface area contributed by atoms with Gasteiger partial charge >= 0.3 is 0 Å². The molecule has 3 rings (SSSR count). The van der Waals surface area contributed by atoms with Crippen molar-refractivity contribution in [2.75, 3.05) is 25.5 Å². The van der Waals surface area contributed by atoms with Gasteiger partial charge in [0, 0.05) is 35.8 Å². The molecule has 152 valence electrons. The van der Waals surface area contributed by atoms with E-state index < -0.39 is 0 Å². The Morgan fingerprint density at radius 3 is 2.17 bits per heavy atom. The van der Waals surface area contributed by atoms with Gasteiger partial charge in [-0.15, -0.1) is 0 Å². The van der Waals surface area contributed by atoms with Crippen molar-refractivity contribution in [3.8, 4) is 5.75 Å². The van der Waals surface area contributed by atoms with Crippen LogP contribution in [0.3, 0.4) is 0 Å². The summed E-state index contributed by atoms with van der Waals surface area (Å²) in [4.78, 5) is 36.4. The van der Waals surface area contributed by atoms with Crippen molar-refractivity contribution in [1.82, 2.24) is 10.6 Å². The zero-order valence-corrected chi connectivity index (χ0v) is 16.5. The molecule has 3 amide bonds. The maximum atomic E-state index is 12.3. The lowest BCUT2D eigenvalue weighted by atomic mass is 10.2. The number of carbonyl (C=O) groups excluding carboxylic acids is 3. The van der Waals surface area contributed by atoms with Crippen LogP contribution >= 0.6 is 0 Å². The molecule has 7 heteroatoms. The largest absolute Gasteiger partial charge is 0.497 e. The number of benzene rings is 2. The van der Waals surface area contributed by atoms with E-state index in [0.29, 0.717) is 35.0 Å². The molecule has 1 aliphatic carbocycles. The summed E-state index contributed by atoms with van der Waals surface area (Å²) >= 11 is 0. The summed E-state index contributed by atoms with van der Waals surface area (Å²) in [6.45, 7) is 2.63. The molecular weight excluding hydrogens is 370 g/mol. The van der Waals surface area contributed by atoms with Gasteiger partial charge in [-0.2, -0.15) is 0 Å². The monoisotopic (exact) mass is 395 g/mol. The van der Waals surface area contributed by atoms with Crippen LogP contribution in [-0.4, -0.2) is 37.9 Å².